The molecule has 8 heterocycles. The minimum absolute atomic E-state index is 0.0703. The third-order valence-electron chi connectivity index (χ3n) is 12.2. The first kappa shape index (κ1) is 44.6. The van der Waals surface area contributed by atoms with E-state index in [1.165, 1.54) is 6.07 Å². The number of piperazine rings is 2. The SMILES string of the molecule is COc1ccc2c(c1)CC(=O)N(c1cccc(C(=O)Nc3cnccc3N3CCNCC3)n1)C2.O=C(Nc1cnccc1N1CCNCC1)c1cccc(N2CCc3c(F)ccc(F)c3C2)n1. The van der Waals surface area contributed by atoms with Gasteiger partial charge in [-0.25, -0.2) is 18.7 Å². The normalized spacial score (nSPS) is 15.7. The van der Waals surface area contributed by atoms with Gasteiger partial charge >= 0.3 is 0 Å². The van der Waals surface area contributed by atoms with Gasteiger partial charge in [0, 0.05) is 83.4 Å². The number of halogens is 2. The minimum Gasteiger partial charge on any atom is -0.497 e. The van der Waals surface area contributed by atoms with Crippen molar-refractivity contribution in [3.05, 3.63) is 149 Å². The molecule has 4 aromatic heterocycles. The molecule has 67 heavy (non-hydrogen) atoms. The third kappa shape index (κ3) is 10.1. The van der Waals surface area contributed by atoms with Gasteiger partial charge in [-0.1, -0.05) is 18.2 Å². The van der Waals surface area contributed by atoms with Crippen LogP contribution in [0.5, 0.6) is 5.75 Å². The number of anilines is 6. The summed E-state index contributed by atoms with van der Waals surface area (Å²) in [6.07, 6.45) is 7.36. The van der Waals surface area contributed by atoms with Crippen molar-refractivity contribution in [3.63, 3.8) is 0 Å². The standard InChI is InChI=1S/C25H26N6O3.C24H24F2N6O/c1-34-19-6-5-17-16-31(24(32)14-18(17)13-19)23-4-2-3-20(28-23)25(33)29-21-15-27-8-7-22(21)30-11-9-26-10-12-30;25-18-4-5-19(26)17-15-32(11-7-16(17)18)23-3-1-2-20(29-23)24(33)30-21-14-28-8-6-22(21)31-12-9-27-10-13-31/h2-8,13,15,26H,9-12,14,16H2,1H3,(H,29,33);1-6,8,14,27H,7,9-13,15H2,(H,30,33). The smallest absolute Gasteiger partial charge is 0.274 e. The molecule has 0 unspecified atom stereocenters. The zero-order valence-corrected chi connectivity index (χ0v) is 37.0. The van der Waals surface area contributed by atoms with Crippen LogP contribution in [0.4, 0.5) is 43.2 Å². The fourth-order valence-electron chi connectivity index (χ4n) is 8.69. The molecule has 2 aromatic carbocycles. The first-order valence-corrected chi connectivity index (χ1v) is 22.3. The van der Waals surface area contributed by atoms with E-state index in [0.29, 0.717) is 53.6 Å². The van der Waals surface area contributed by atoms with Crippen molar-refractivity contribution in [2.45, 2.75) is 25.9 Å². The molecule has 0 bridgehead atoms. The van der Waals surface area contributed by atoms with E-state index >= 15 is 0 Å². The zero-order chi connectivity index (χ0) is 46.3. The molecular weight excluding hydrogens is 859 g/mol. The Labute approximate surface area is 386 Å². The Bertz CT molecular complexity index is 2780. The lowest BCUT2D eigenvalue weighted by Crippen LogP contribution is -2.43. The maximum atomic E-state index is 14.3. The van der Waals surface area contributed by atoms with E-state index in [1.54, 1.807) is 73.2 Å². The molecule has 4 aliphatic heterocycles. The highest BCUT2D eigenvalue weighted by Gasteiger charge is 2.28. The largest absolute Gasteiger partial charge is 0.497 e. The predicted octanol–water partition coefficient (Wildman–Crippen LogP) is 5.22. The number of rotatable bonds is 9. The van der Waals surface area contributed by atoms with Crippen LogP contribution in [0.2, 0.25) is 0 Å². The molecule has 0 saturated carbocycles. The lowest BCUT2D eigenvalue weighted by molar-refractivity contribution is -0.118. The fourth-order valence-corrected chi connectivity index (χ4v) is 8.69. The quantitative estimate of drug-likeness (QED) is 0.149. The van der Waals surface area contributed by atoms with Crippen molar-refractivity contribution in [2.24, 2.45) is 0 Å². The number of aromatic nitrogens is 4. The number of amides is 3. The van der Waals surface area contributed by atoms with Gasteiger partial charge in [0.15, 0.2) is 0 Å². The number of hydrogen-bond donors (Lipinski definition) is 4. The van der Waals surface area contributed by atoms with E-state index in [4.69, 9.17) is 4.74 Å². The molecular formula is C49H50F2N12O4. The number of ether oxygens (including phenoxy) is 1. The molecule has 10 rings (SSSR count). The van der Waals surface area contributed by atoms with Crippen molar-refractivity contribution < 1.29 is 27.9 Å². The van der Waals surface area contributed by atoms with Gasteiger partial charge in [0.25, 0.3) is 11.8 Å². The molecule has 0 spiro atoms. The molecule has 4 aliphatic rings. The van der Waals surface area contributed by atoms with Crippen LogP contribution in [0.15, 0.2) is 104 Å². The lowest BCUT2D eigenvalue weighted by Gasteiger charge is -2.31. The third-order valence-corrected chi connectivity index (χ3v) is 12.2. The van der Waals surface area contributed by atoms with Crippen LogP contribution in [-0.2, 0) is 30.7 Å². The number of methoxy groups -OCH3 is 1. The Morgan fingerprint density at radius 1 is 0.642 bits per heavy atom. The van der Waals surface area contributed by atoms with Gasteiger partial charge in [-0.05, 0) is 83.8 Å². The van der Waals surface area contributed by atoms with Crippen molar-refractivity contribution in [3.8, 4) is 5.75 Å². The van der Waals surface area contributed by atoms with Crippen molar-refractivity contribution in [1.82, 2.24) is 30.6 Å². The van der Waals surface area contributed by atoms with E-state index in [2.05, 4.69) is 51.0 Å². The summed E-state index contributed by atoms with van der Waals surface area (Å²) >= 11 is 0. The summed E-state index contributed by atoms with van der Waals surface area (Å²) in [5, 5.41) is 12.5. The van der Waals surface area contributed by atoms with Crippen molar-refractivity contribution in [1.29, 1.82) is 0 Å². The fraction of sp³-hybridized carbons (Fsp3) is 0.286. The van der Waals surface area contributed by atoms with Gasteiger partial charge in [-0.2, -0.15) is 0 Å². The molecule has 18 heteroatoms. The van der Waals surface area contributed by atoms with E-state index in [9.17, 15) is 23.2 Å². The Morgan fingerprint density at radius 2 is 1.21 bits per heavy atom. The van der Waals surface area contributed by atoms with Crippen LogP contribution in [0.3, 0.4) is 0 Å². The molecule has 0 radical (unpaired) electrons. The maximum absolute atomic E-state index is 14.3. The highest BCUT2D eigenvalue weighted by Crippen LogP contribution is 2.31. The van der Waals surface area contributed by atoms with Crippen LogP contribution in [-0.4, -0.2) is 104 Å². The zero-order valence-electron chi connectivity index (χ0n) is 37.0. The topological polar surface area (TPSA) is 173 Å². The predicted molar refractivity (Wildman–Crippen MR) is 252 cm³/mol. The Morgan fingerprint density at radius 3 is 1.81 bits per heavy atom. The molecule has 344 valence electrons. The van der Waals surface area contributed by atoms with Crippen molar-refractivity contribution >= 4 is 52.1 Å². The number of nitrogens with one attached hydrogen (secondary N) is 4. The van der Waals surface area contributed by atoms with Gasteiger partial charge in [0.1, 0.15) is 40.4 Å². The molecule has 16 nitrogen and oxygen atoms in total. The number of nitrogens with zero attached hydrogens (tertiary/aromatic N) is 8. The average Bonchev–Trinajstić information content (AvgIpc) is 3.38. The van der Waals surface area contributed by atoms with Crippen LogP contribution in [0, 0.1) is 11.6 Å². The van der Waals surface area contributed by atoms with Crippen LogP contribution < -0.4 is 45.6 Å². The van der Waals surface area contributed by atoms with E-state index in [-0.39, 0.29) is 47.9 Å². The summed E-state index contributed by atoms with van der Waals surface area (Å²) in [7, 11) is 1.61. The van der Waals surface area contributed by atoms with Gasteiger partial charge in [0.2, 0.25) is 5.91 Å². The first-order chi connectivity index (χ1) is 32.7. The van der Waals surface area contributed by atoms with Gasteiger partial charge in [-0.3, -0.25) is 29.3 Å². The molecule has 3 amide bonds. The second kappa shape index (κ2) is 20.3. The number of carbonyl (C=O) groups is 3. The molecule has 0 aliphatic carbocycles. The summed E-state index contributed by atoms with van der Waals surface area (Å²) in [4.78, 5) is 64.3. The molecule has 0 atom stereocenters. The molecule has 4 N–H and O–H groups in total. The van der Waals surface area contributed by atoms with E-state index < -0.39 is 5.82 Å². The Balaban J connectivity index is 0.000000168. The van der Waals surface area contributed by atoms with E-state index in [0.717, 1.165) is 86.7 Å². The number of benzene rings is 2. The summed E-state index contributed by atoms with van der Waals surface area (Å²) in [5.41, 5.74) is 6.33. The Hall–Kier alpha value is -7.57. The van der Waals surface area contributed by atoms with Gasteiger partial charge in [-0.15, -0.1) is 0 Å². The summed E-state index contributed by atoms with van der Waals surface area (Å²) in [6, 6.07) is 22.2. The van der Waals surface area contributed by atoms with Gasteiger partial charge in [0.05, 0.1) is 55.2 Å². The monoisotopic (exact) mass is 908 g/mol. The number of carbonyl (C=O) groups excluding carboxylic acids is 3. The van der Waals surface area contributed by atoms with Crippen LogP contribution in [0.25, 0.3) is 0 Å². The number of pyridine rings is 4. The van der Waals surface area contributed by atoms with Crippen molar-refractivity contribution in [2.75, 3.05) is 96.2 Å². The molecule has 2 saturated heterocycles. The number of fused-ring (bicyclic) bond motifs is 2. The second-order valence-corrected chi connectivity index (χ2v) is 16.4. The average molecular weight is 909 g/mol. The maximum Gasteiger partial charge on any atom is 0.274 e. The van der Waals surface area contributed by atoms with Crippen LogP contribution in [0.1, 0.15) is 43.2 Å². The summed E-state index contributed by atoms with van der Waals surface area (Å²) < 4.78 is 33.6. The van der Waals surface area contributed by atoms with E-state index in [1.807, 2.05) is 35.2 Å². The first-order valence-electron chi connectivity index (χ1n) is 22.3. The lowest BCUT2D eigenvalue weighted by atomic mass is 9.98. The van der Waals surface area contributed by atoms with Gasteiger partial charge < -0.3 is 40.7 Å². The second-order valence-electron chi connectivity index (χ2n) is 16.4. The molecule has 2 fully saturated rings. The molecule has 6 aromatic rings. The highest BCUT2D eigenvalue weighted by atomic mass is 19.1. The highest BCUT2D eigenvalue weighted by molar-refractivity contribution is 6.06. The van der Waals surface area contributed by atoms with Crippen LogP contribution >= 0.6 is 0 Å². The summed E-state index contributed by atoms with van der Waals surface area (Å²) in [6.45, 7) is 8.00. The summed E-state index contributed by atoms with van der Waals surface area (Å²) in [5.74, 6) is 0.146. The Kier molecular flexibility index (Phi) is 13.5. The number of hydrogen-bond acceptors (Lipinski definition) is 13. The minimum atomic E-state index is -0.429.